The summed E-state index contributed by atoms with van der Waals surface area (Å²) in [4.78, 5) is 25.3. The fourth-order valence-electron chi connectivity index (χ4n) is 11.6. The number of likely N-dealkylation sites (tertiary alicyclic amines) is 4. The molecule has 0 radical (unpaired) electrons. The molecule has 1 aliphatic carbocycles. The summed E-state index contributed by atoms with van der Waals surface area (Å²) in [5.41, 5.74) is 8.49. The lowest BCUT2D eigenvalue weighted by Crippen LogP contribution is -2.55. The van der Waals surface area contributed by atoms with Gasteiger partial charge in [0.2, 0.25) is 5.91 Å². The van der Waals surface area contributed by atoms with Crippen molar-refractivity contribution in [2.45, 2.75) is 128 Å². The van der Waals surface area contributed by atoms with Crippen molar-refractivity contribution in [1.29, 1.82) is 10.8 Å². The summed E-state index contributed by atoms with van der Waals surface area (Å²) in [7, 11) is 0. The second kappa shape index (κ2) is 25.3. The van der Waals surface area contributed by atoms with Gasteiger partial charge in [0.05, 0.1) is 52.1 Å². The van der Waals surface area contributed by atoms with Crippen molar-refractivity contribution in [3.05, 3.63) is 35.9 Å². The number of nitrogens with zero attached hydrogens (tertiary/aromatic N) is 5. The highest BCUT2D eigenvalue weighted by atomic mass is 16.6. The van der Waals surface area contributed by atoms with E-state index in [1.807, 2.05) is 17.9 Å². The highest BCUT2D eigenvalue weighted by Crippen LogP contribution is 2.53. The van der Waals surface area contributed by atoms with E-state index in [0.29, 0.717) is 87.7 Å². The number of amides is 1. The molecule has 13 nitrogen and oxygen atoms in total. The molecule has 2 spiro atoms. The molecular formula is C51H84N8O5. The number of hydrogen-bond acceptors (Lipinski definition) is 11. The van der Waals surface area contributed by atoms with Gasteiger partial charge in [-0.15, -0.1) is 6.42 Å². The second-order valence-corrected chi connectivity index (χ2v) is 20.1. The molecule has 4 atom stereocenters. The average Bonchev–Trinajstić information content (AvgIpc) is 3.64. The van der Waals surface area contributed by atoms with Gasteiger partial charge in [-0.3, -0.25) is 20.5 Å². The minimum Gasteiger partial charge on any atom is -0.378 e. The van der Waals surface area contributed by atoms with Crippen molar-refractivity contribution < 1.29 is 23.7 Å². The number of ether oxygens (including phenoxy) is 4. The Labute approximate surface area is 386 Å². The Morgan fingerprint density at radius 1 is 0.812 bits per heavy atom. The highest BCUT2D eigenvalue weighted by molar-refractivity contribution is 5.98. The van der Waals surface area contributed by atoms with Crippen molar-refractivity contribution in [3.8, 4) is 12.3 Å². The number of benzene rings is 1. The topological polar surface area (TPSA) is 144 Å². The van der Waals surface area contributed by atoms with E-state index in [4.69, 9.17) is 36.5 Å². The van der Waals surface area contributed by atoms with Gasteiger partial charge >= 0.3 is 0 Å². The molecule has 6 rings (SSSR count). The lowest BCUT2D eigenvalue weighted by atomic mass is 9.57. The minimum absolute atomic E-state index is 0.0330. The van der Waals surface area contributed by atoms with Crippen molar-refractivity contribution >= 4 is 17.6 Å². The maximum Gasteiger partial charge on any atom is 0.223 e. The van der Waals surface area contributed by atoms with Gasteiger partial charge < -0.3 is 44.3 Å². The third kappa shape index (κ3) is 14.5. The van der Waals surface area contributed by atoms with Gasteiger partial charge in [0.15, 0.2) is 0 Å². The molecule has 64 heavy (non-hydrogen) atoms. The van der Waals surface area contributed by atoms with Crippen molar-refractivity contribution in [2.75, 3.05) is 112 Å². The van der Waals surface area contributed by atoms with Crippen LogP contribution in [0.2, 0.25) is 0 Å². The maximum atomic E-state index is 13.5. The number of carbonyl (C=O) groups excluding carboxylic acids is 1. The highest BCUT2D eigenvalue weighted by Gasteiger charge is 2.49. The Hall–Kier alpha value is -2.93. The number of amidine groups is 2. The van der Waals surface area contributed by atoms with Gasteiger partial charge in [0.1, 0.15) is 12.4 Å². The third-order valence-corrected chi connectivity index (χ3v) is 15.8. The van der Waals surface area contributed by atoms with Crippen LogP contribution in [-0.2, 0) is 23.7 Å². The third-order valence-electron chi connectivity index (χ3n) is 15.8. The first-order chi connectivity index (χ1) is 31.0. The first-order valence-electron chi connectivity index (χ1n) is 25.0. The molecule has 4 aliphatic heterocycles. The fraction of sp³-hybridized carbons (Fsp3) is 0.784. The normalized spacial score (nSPS) is 23.8. The Kier molecular flexibility index (Phi) is 19.9. The molecule has 5 fully saturated rings. The number of carbonyl (C=O) groups is 1. The quantitative estimate of drug-likeness (QED) is 0.0471. The van der Waals surface area contributed by atoms with Crippen LogP contribution in [0.3, 0.4) is 0 Å². The van der Waals surface area contributed by atoms with E-state index in [1.165, 1.54) is 37.7 Å². The lowest BCUT2D eigenvalue weighted by molar-refractivity contribution is -0.135. The van der Waals surface area contributed by atoms with Crippen LogP contribution in [0.15, 0.2) is 30.3 Å². The predicted molar refractivity (Wildman–Crippen MR) is 256 cm³/mol. The molecule has 4 unspecified atom stereocenters. The first-order valence-corrected chi connectivity index (χ1v) is 25.0. The van der Waals surface area contributed by atoms with Gasteiger partial charge in [-0.05, 0) is 140 Å². The molecule has 0 bridgehead atoms. The molecule has 4 N–H and O–H groups in total. The number of piperidine rings is 3. The van der Waals surface area contributed by atoms with E-state index in [0.717, 1.165) is 110 Å². The summed E-state index contributed by atoms with van der Waals surface area (Å²) in [5, 5.41) is 18.1. The van der Waals surface area contributed by atoms with Crippen molar-refractivity contribution in [2.24, 2.45) is 22.5 Å². The van der Waals surface area contributed by atoms with Crippen LogP contribution in [-0.4, -0.2) is 172 Å². The van der Waals surface area contributed by atoms with E-state index in [-0.39, 0.29) is 23.4 Å². The SMILES string of the molecule is C#CCOCCOCCOCCOCCN1CCC2(CC1)CCN(CCC(=O)N1CCC3(CC1)CC(C(=N)N(C(C)=N)C(C)CC1CCC(C)N1CCC(N)c1ccccc1)C3)CC2. The minimum atomic E-state index is 0.0330. The zero-order valence-corrected chi connectivity index (χ0v) is 39.9. The largest absolute Gasteiger partial charge is 0.378 e. The van der Waals surface area contributed by atoms with Gasteiger partial charge in [-0.2, -0.15) is 0 Å². The zero-order valence-electron chi connectivity index (χ0n) is 39.9. The molecular weight excluding hydrogens is 805 g/mol. The van der Waals surface area contributed by atoms with E-state index in [9.17, 15) is 10.2 Å². The van der Waals surface area contributed by atoms with Gasteiger partial charge in [0.25, 0.3) is 0 Å². The number of hydrogen-bond donors (Lipinski definition) is 3. The molecule has 1 saturated carbocycles. The number of nitrogens with one attached hydrogen (secondary N) is 2. The van der Waals surface area contributed by atoms with Crippen molar-refractivity contribution in [3.63, 3.8) is 0 Å². The van der Waals surface area contributed by atoms with Crippen LogP contribution < -0.4 is 5.73 Å². The average molecular weight is 889 g/mol. The van der Waals surface area contributed by atoms with Crippen LogP contribution in [0.5, 0.6) is 0 Å². The predicted octanol–water partition coefficient (Wildman–Crippen LogP) is 6.27. The first kappa shape index (κ1) is 50.5. The number of nitrogens with two attached hydrogens (primary N) is 1. The van der Waals surface area contributed by atoms with Crippen LogP contribution in [0, 0.1) is 39.9 Å². The monoisotopic (exact) mass is 889 g/mol. The molecule has 0 aromatic heterocycles. The molecule has 13 heteroatoms. The molecule has 5 aliphatic rings. The number of rotatable bonds is 24. The summed E-state index contributed by atoms with van der Waals surface area (Å²) in [6.45, 7) is 19.7. The standard InChI is InChI=1S/C51H84N8O5/c1-5-30-61-32-34-63-36-37-64-35-33-62-31-29-56-25-17-50(18-26-56)15-23-55(24-16-50)21-14-48(60)57-27-19-51(20-28-57)39-45(40-51)49(54)59(43(4)52)42(3)38-46-12-11-41(2)58(46)22-13-47(53)44-9-7-6-8-10-44/h1,6-10,41-42,45-47,52,54H,11-40,53H2,2-4H3. The molecule has 1 aromatic carbocycles. The molecule has 4 heterocycles. The van der Waals surface area contributed by atoms with Crippen LogP contribution in [0.25, 0.3) is 0 Å². The van der Waals surface area contributed by atoms with Crippen molar-refractivity contribution in [1.82, 2.24) is 24.5 Å². The molecule has 4 saturated heterocycles. The maximum absolute atomic E-state index is 13.5. The summed E-state index contributed by atoms with van der Waals surface area (Å²) in [6, 6.07) is 11.5. The Bertz CT molecular complexity index is 1610. The van der Waals surface area contributed by atoms with E-state index >= 15 is 0 Å². The zero-order chi connectivity index (χ0) is 45.4. The summed E-state index contributed by atoms with van der Waals surface area (Å²) in [6.07, 6.45) is 19.1. The molecule has 1 aromatic rings. The fourth-order valence-corrected chi connectivity index (χ4v) is 11.6. The van der Waals surface area contributed by atoms with Crippen LogP contribution in [0.4, 0.5) is 0 Å². The Morgan fingerprint density at radius 3 is 1.97 bits per heavy atom. The van der Waals surface area contributed by atoms with E-state index in [2.05, 4.69) is 63.6 Å². The van der Waals surface area contributed by atoms with E-state index < -0.39 is 0 Å². The number of terminal acetylenes is 1. The van der Waals surface area contributed by atoms with Gasteiger partial charge in [0, 0.05) is 69.2 Å². The summed E-state index contributed by atoms with van der Waals surface area (Å²) in [5.74, 6) is 4.05. The molecule has 358 valence electrons. The van der Waals surface area contributed by atoms with Crippen LogP contribution in [0.1, 0.15) is 116 Å². The Morgan fingerprint density at radius 2 is 1.38 bits per heavy atom. The second-order valence-electron chi connectivity index (χ2n) is 20.1. The van der Waals surface area contributed by atoms with Gasteiger partial charge in [-0.1, -0.05) is 36.3 Å². The summed E-state index contributed by atoms with van der Waals surface area (Å²) >= 11 is 0. The summed E-state index contributed by atoms with van der Waals surface area (Å²) < 4.78 is 22.1. The lowest BCUT2D eigenvalue weighted by Gasteiger charge is -2.53. The van der Waals surface area contributed by atoms with Crippen LogP contribution >= 0.6 is 0 Å². The van der Waals surface area contributed by atoms with Gasteiger partial charge in [-0.25, -0.2) is 0 Å². The van der Waals surface area contributed by atoms with E-state index in [1.54, 1.807) is 0 Å². The Balaban J connectivity index is 0.810. The smallest absolute Gasteiger partial charge is 0.223 e. The molecule has 1 amide bonds.